The van der Waals surface area contributed by atoms with Crippen LogP contribution in [0.15, 0.2) is 0 Å². The van der Waals surface area contributed by atoms with E-state index in [9.17, 15) is 9.59 Å². The molecular formula is C26H49NO4. The molecule has 2 aliphatic rings. The van der Waals surface area contributed by atoms with E-state index < -0.39 is 0 Å². The molecule has 0 aromatic carbocycles. The summed E-state index contributed by atoms with van der Waals surface area (Å²) in [5, 5.41) is 3.16. The first-order valence-corrected chi connectivity index (χ1v) is 12.9. The molecule has 0 saturated heterocycles. The van der Waals surface area contributed by atoms with Gasteiger partial charge in [0.1, 0.15) is 5.78 Å². The summed E-state index contributed by atoms with van der Waals surface area (Å²) in [7, 11) is 0. The minimum atomic E-state index is 0. The van der Waals surface area contributed by atoms with Crippen LogP contribution >= 0.6 is 0 Å². The highest BCUT2D eigenvalue weighted by Crippen LogP contribution is 2.27. The van der Waals surface area contributed by atoms with Crippen molar-refractivity contribution in [3.05, 3.63) is 0 Å². The van der Waals surface area contributed by atoms with E-state index in [0.29, 0.717) is 31.0 Å². The molecule has 1 N–H and O–H groups in total. The summed E-state index contributed by atoms with van der Waals surface area (Å²) >= 11 is 0. The molecular weight excluding hydrogens is 390 g/mol. The van der Waals surface area contributed by atoms with Crippen LogP contribution < -0.4 is 5.32 Å². The maximum atomic E-state index is 12.2. The first kappa shape index (κ1) is 26.3. The second-order valence-electron chi connectivity index (χ2n) is 10.2. The van der Waals surface area contributed by atoms with Crippen LogP contribution in [0.5, 0.6) is 0 Å². The van der Waals surface area contributed by atoms with Gasteiger partial charge in [-0.1, -0.05) is 34.1 Å². The Kier molecular flexibility index (Phi) is 12.1. The minimum absolute atomic E-state index is 0. The third-order valence-electron chi connectivity index (χ3n) is 7.25. The lowest BCUT2D eigenvalue weighted by Crippen LogP contribution is -2.39. The molecule has 2 rings (SSSR count). The van der Waals surface area contributed by atoms with Gasteiger partial charge in [0.15, 0.2) is 0 Å². The van der Waals surface area contributed by atoms with Gasteiger partial charge in [0.25, 0.3) is 0 Å². The SMILES string of the molecule is CCC(C)CCOC1CCC(OCCCC(=O)NC2CCC(C(=O)C(C)C)CC2)CC1.[HH]. The molecule has 2 saturated carbocycles. The predicted molar refractivity (Wildman–Crippen MR) is 127 cm³/mol. The van der Waals surface area contributed by atoms with Gasteiger partial charge in [-0.15, -0.1) is 0 Å². The van der Waals surface area contributed by atoms with Gasteiger partial charge in [-0.2, -0.15) is 0 Å². The number of ketones is 1. The fourth-order valence-corrected chi connectivity index (χ4v) is 4.78. The Balaban J connectivity index is 0.00000512. The molecule has 182 valence electrons. The first-order chi connectivity index (χ1) is 14.9. The largest absolute Gasteiger partial charge is 0.378 e. The molecule has 31 heavy (non-hydrogen) atoms. The van der Waals surface area contributed by atoms with Crippen molar-refractivity contribution in [1.29, 1.82) is 0 Å². The monoisotopic (exact) mass is 439 g/mol. The number of Topliss-reactive ketones (excluding diaryl/α,β-unsaturated/α-hetero) is 1. The molecule has 0 heterocycles. The van der Waals surface area contributed by atoms with Crippen LogP contribution in [-0.4, -0.2) is 43.2 Å². The number of carbonyl (C=O) groups excluding carboxylic acids is 2. The van der Waals surface area contributed by atoms with E-state index in [0.717, 1.165) is 76.7 Å². The Morgan fingerprint density at radius 3 is 2.03 bits per heavy atom. The van der Waals surface area contributed by atoms with Crippen LogP contribution in [0, 0.1) is 17.8 Å². The summed E-state index contributed by atoms with van der Waals surface area (Å²) in [6.07, 6.45) is 12.4. The molecule has 2 aliphatic carbocycles. The highest BCUT2D eigenvalue weighted by atomic mass is 16.5. The molecule has 1 atom stereocenters. The van der Waals surface area contributed by atoms with Gasteiger partial charge >= 0.3 is 0 Å². The molecule has 0 bridgehead atoms. The molecule has 0 aliphatic heterocycles. The Bertz CT molecular complexity index is 526. The zero-order valence-electron chi connectivity index (χ0n) is 20.5. The van der Waals surface area contributed by atoms with Gasteiger partial charge in [0, 0.05) is 38.9 Å². The van der Waals surface area contributed by atoms with Crippen molar-refractivity contribution in [2.75, 3.05) is 13.2 Å². The van der Waals surface area contributed by atoms with Crippen LogP contribution in [0.3, 0.4) is 0 Å². The number of amides is 1. The number of rotatable bonds is 13. The summed E-state index contributed by atoms with van der Waals surface area (Å²) in [6.45, 7) is 10.0. The predicted octanol–water partition coefficient (Wildman–Crippen LogP) is 5.69. The molecule has 0 spiro atoms. The molecule has 1 amide bonds. The zero-order valence-corrected chi connectivity index (χ0v) is 20.5. The van der Waals surface area contributed by atoms with E-state index in [2.05, 4.69) is 19.2 Å². The second-order valence-corrected chi connectivity index (χ2v) is 10.2. The smallest absolute Gasteiger partial charge is 0.220 e. The van der Waals surface area contributed by atoms with Gasteiger partial charge in [-0.3, -0.25) is 9.59 Å². The van der Waals surface area contributed by atoms with E-state index in [4.69, 9.17) is 9.47 Å². The van der Waals surface area contributed by atoms with Crippen molar-refractivity contribution in [3.8, 4) is 0 Å². The molecule has 0 aromatic rings. The number of hydrogen-bond donors (Lipinski definition) is 1. The summed E-state index contributed by atoms with van der Waals surface area (Å²) in [6, 6.07) is 0.236. The molecule has 5 heteroatoms. The second kappa shape index (κ2) is 14.3. The molecule has 0 aromatic heterocycles. The average Bonchev–Trinajstić information content (AvgIpc) is 2.77. The lowest BCUT2D eigenvalue weighted by Gasteiger charge is -2.29. The lowest BCUT2D eigenvalue weighted by molar-refractivity contribution is -0.127. The maximum Gasteiger partial charge on any atom is 0.220 e. The highest BCUT2D eigenvalue weighted by Gasteiger charge is 2.28. The van der Waals surface area contributed by atoms with E-state index >= 15 is 0 Å². The number of hydrogen-bond acceptors (Lipinski definition) is 4. The summed E-state index contributed by atoms with van der Waals surface area (Å²) < 4.78 is 12.1. The number of ether oxygens (including phenoxy) is 2. The van der Waals surface area contributed by atoms with Crippen LogP contribution in [0.25, 0.3) is 0 Å². The van der Waals surface area contributed by atoms with E-state index in [1.807, 2.05) is 13.8 Å². The van der Waals surface area contributed by atoms with Crippen LogP contribution in [0.1, 0.15) is 106 Å². The quantitative estimate of drug-likeness (QED) is 0.374. The zero-order chi connectivity index (χ0) is 22.6. The van der Waals surface area contributed by atoms with Crippen LogP contribution in [0.2, 0.25) is 0 Å². The van der Waals surface area contributed by atoms with Gasteiger partial charge < -0.3 is 14.8 Å². The lowest BCUT2D eigenvalue weighted by atomic mass is 9.80. The molecule has 1 unspecified atom stereocenters. The third-order valence-corrected chi connectivity index (χ3v) is 7.25. The summed E-state index contributed by atoms with van der Waals surface area (Å²) in [4.78, 5) is 24.4. The third kappa shape index (κ3) is 10.0. The van der Waals surface area contributed by atoms with Crippen LogP contribution in [-0.2, 0) is 19.1 Å². The summed E-state index contributed by atoms with van der Waals surface area (Å²) in [5.41, 5.74) is 0. The van der Waals surface area contributed by atoms with Crippen molar-refractivity contribution in [2.45, 2.75) is 123 Å². The standard InChI is InChI=1S/C26H47NO4.H2/c1-5-20(4)16-18-31-24-14-12-23(13-15-24)30-17-6-7-25(28)27-22-10-8-21(9-11-22)26(29)19(2)3;/h19-24H,5-18H2,1-4H3,(H,27,28);1H. The van der Waals surface area contributed by atoms with Crippen molar-refractivity contribution < 1.29 is 20.5 Å². The Labute approximate surface area is 191 Å². The topological polar surface area (TPSA) is 64.6 Å². The van der Waals surface area contributed by atoms with Gasteiger partial charge in [-0.25, -0.2) is 0 Å². The van der Waals surface area contributed by atoms with Crippen molar-refractivity contribution in [1.82, 2.24) is 5.32 Å². The molecule has 5 nitrogen and oxygen atoms in total. The van der Waals surface area contributed by atoms with E-state index in [-0.39, 0.29) is 25.2 Å². The summed E-state index contributed by atoms with van der Waals surface area (Å²) in [5.74, 6) is 1.57. The number of nitrogens with one attached hydrogen (secondary N) is 1. The average molecular weight is 440 g/mol. The Morgan fingerprint density at radius 1 is 0.903 bits per heavy atom. The van der Waals surface area contributed by atoms with Crippen LogP contribution in [0.4, 0.5) is 0 Å². The first-order valence-electron chi connectivity index (χ1n) is 12.9. The fourth-order valence-electron chi connectivity index (χ4n) is 4.78. The van der Waals surface area contributed by atoms with Gasteiger partial charge in [-0.05, 0) is 70.1 Å². The van der Waals surface area contributed by atoms with E-state index in [1.54, 1.807) is 0 Å². The highest BCUT2D eigenvalue weighted by molar-refractivity contribution is 5.83. The van der Waals surface area contributed by atoms with Gasteiger partial charge in [0.2, 0.25) is 5.91 Å². The Hall–Kier alpha value is -0.940. The van der Waals surface area contributed by atoms with E-state index in [1.165, 1.54) is 6.42 Å². The maximum absolute atomic E-state index is 12.2. The number of carbonyl (C=O) groups is 2. The van der Waals surface area contributed by atoms with Crippen molar-refractivity contribution >= 4 is 11.7 Å². The minimum Gasteiger partial charge on any atom is -0.378 e. The van der Waals surface area contributed by atoms with Crippen molar-refractivity contribution in [3.63, 3.8) is 0 Å². The Morgan fingerprint density at radius 2 is 1.48 bits per heavy atom. The normalized spacial score (nSPS) is 27.8. The molecule has 2 fully saturated rings. The van der Waals surface area contributed by atoms with Gasteiger partial charge in [0.05, 0.1) is 12.2 Å². The van der Waals surface area contributed by atoms with Crippen molar-refractivity contribution in [2.24, 2.45) is 17.8 Å². The fraction of sp³-hybridized carbons (Fsp3) is 0.923. The molecule has 0 radical (unpaired) electrons.